The van der Waals surface area contributed by atoms with Gasteiger partial charge in [0, 0.05) is 24.6 Å². The zero-order valence-electron chi connectivity index (χ0n) is 16.5. The number of hydrogen-bond donors (Lipinski definition) is 3. The van der Waals surface area contributed by atoms with Crippen LogP contribution in [0.15, 0.2) is 23.2 Å². The molecule has 2 aliphatic rings. The average molecular weight is 489 g/mol. The summed E-state index contributed by atoms with van der Waals surface area (Å²) in [6.07, 6.45) is 5.20. The number of guanidine groups is 1. The van der Waals surface area contributed by atoms with Crippen LogP contribution in [0.3, 0.4) is 0 Å². The number of phenolic OH excluding ortho intramolecular Hbond substituents is 1. The Morgan fingerprint density at radius 1 is 1.33 bits per heavy atom. The third-order valence-electron chi connectivity index (χ3n) is 5.76. The monoisotopic (exact) mass is 489 g/mol. The van der Waals surface area contributed by atoms with Crippen LogP contribution in [0.5, 0.6) is 11.5 Å². The van der Waals surface area contributed by atoms with Crippen LogP contribution in [-0.2, 0) is 11.3 Å². The number of ether oxygens (including phenoxy) is 2. The minimum atomic E-state index is 0. The largest absolute Gasteiger partial charge is 0.504 e. The fourth-order valence-corrected chi connectivity index (χ4v) is 4.13. The van der Waals surface area contributed by atoms with Crippen molar-refractivity contribution in [1.82, 2.24) is 10.6 Å². The molecular weight excluding hydrogens is 457 g/mol. The number of methoxy groups -OCH3 is 1. The summed E-state index contributed by atoms with van der Waals surface area (Å²) in [4.78, 5) is 4.70. The second kappa shape index (κ2) is 9.82. The molecule has 7 heteroatoms. The van der Waals surface area contributed by atoms with Gasteiger partial charge in [-0.1, -0.05) is 12.5 Å². The van der Waals surface area contributed by atoms with Crippen LogP contribution in [-0.4, -0.2) is 43.5 Å². The summed E-state index contributed by atoms with van der Waals surface area (Å²) in [6.45, 7) is 6.24. The summed E-state index contributed by atoms with van der Waals surface area (Å²) >= 11 is 0. The number of aliphatic imine (C=N–C) groups is 1. The predicted molar refractivity (Wildman–Crippen MR) is 118 cm³/mol. The lowest BCUT2D eigenvalue weighted by Crippen LogP contribution is -2.68. The molecule has 2 saturated carbocycles. The molecule has 0 saturated heterocycles. The van der Waals surface area contributed by atoms with Crippen molar-refractivity contribution in [3.05, 3.63) is 23.8 Å². The molecule has 27 heavy (non-hydrogen) atoms. The molecule has 3 N–H and O–H groups in total. The maximum Gasteiger partial charge on any atom is 0.191 e. The van der Waals surface area contributed by atoms with Crippen molar-refractivity contribution < 1.29 is 14.6 Å². The Bertz CT molecular complexity index is 649. The molecule has 2 aliphatic carbocycles. The van der Waals surface area contributed by atoms with Crippen LogP contribution in [0, 0.1) is 5.41 Å². The summed E-state index contributed by atoms with van der Waals surface area (Å²) < 4.78 is 11.0. The number of nitrogens with zero attached hydrogens (tertiary/aromatic N) is 1. The van der Waals surface area contributed by atoms with Gasteiger partial charge in [-0.05, 0) is 50.8 Å². The standard InChI is InChI=1S/C20H31N3O3.HI/c1-4-21-19(22-13-14-7-8-16(25-3)15(24)11-14)23-17-12-18(26-5-2)20(17)9-6-10-20;/h7-8,11,17-18,24H,4-6,9-10,12-13H2,1-3H3,(H2,21,22,23);1H. The van der Waals surface area contributed by atoms with Crippen LogP contribution in [0.25, 0.3) is 0 Å². The number of benzene rings is 1. The molecule has 152 valence electrons. The quantitative estimate of drug-likeness (QED) is 0.311. The Morgan fingerprint density at radius 2 is 2.11 bits per heavy atom. The van der Waals surface area contributed by atoms with Gasteiger partial charge in [-0.25, -0.2) is 4.99 Å². The van der Waals surface area contributed by atoms with Gasteiger partial charge in [0.25, 0.3) is 0 Å². The summed E-state index contributed by atoms with van der Waals surface area (Å²) in [7, 11) is 1.55. The van der Waals surface area contributed by atoms with Gasteiger partial charge < -0.3 is 25.2 Å². The highest BCUT2D eigenvalue weighted by Crippen LogP contribution is 2.57. The van der Waals surface area contributed by atoms with Crippen LogP contribution in [0.2, 0.25) is 0 Å². The number of hydrogen-bond acceptors (Lipinski definition) is 4. The smallest absolute Gasteiger partial charge is 0.191 e. The Hall–Kier alpha value is -1.22. The van der Waals surface area contributed by atoms with E-state index in [-0.39, 0.29) is 29.7 Å². The van der Waals surface area contributed by atoms with Crippen LogP contribution in [0.4, 0.5) is 0 Å². The Balaban J connectivity index is 0.00000261. The van der Waals surface area contributed by atoms with Gasteiger partial charge in [0.05, 0.1) is 19.8 Å². The molecule has 0 aliphatic heterocycles. The Labute approximate surface area is 179 Å². The summed E-state index contributed by atoms with van der Waals surface area (Å²) in [6, 6.07) is 5.82. The lowest BCUT2D eigenvalue weighted by Gasteiger charge is -2.61. The Kier molecular flexibility index (Phi) is 8.03. The number of phenols is 1. The van der Waals surface area contributed by atoms with E-state index in [9.17, 15) is 5.11 Å². The molecule has 0 heterocycles. The number of nitrogens with one attached hydrogen (secondary N) is 2. The van der Waals surface area contributed by atoms with Crippen LogP contribution < -0.4 is 15.4 Å². The van der Waals surface area contributed by atoms with E-state index in [1.165, 1.54) is 19.3 Å². The molecule has 2 unspecified atom stereocenters. The minimum absolute atomic E-state index is 0. The maximum atomic E-state index is 9.92. The van der Waals surface area contributed by atoms with Crippen molar-refractivity contribution in [3.8, 4) is 11.5 Å². The molecule has 1 aromatic carbocycles. The number of aromatic hydroxyl groups is 1. The fourth-order valence-electron chi connectivity index (χ4n) is 4.13. The average Bonchev–Trinajstić information content (AvgIpc) is 2.57. The molecule has 0 amide bonds. The van der Waals surface area contributed by atoms with E-state index in [1.807, 2.05) is 6.07 Å². The summed E-state index contributed by atoms with van der Waals surface area (Å²) in [5, 5.41) is 16.9. The molecule has 6 nitrogen and oxygen atoms in total. The van der Waals surface area contributed by atoms with Crippen molar-refractivity contribution in [2.75, 3.05) is 20.3 Å². The third kappa shape index (κ3) is 4.62. The first-order valence-corrected chi connectivity index (χ1v) is 9.65. The second-order valence-corrected chi connectivity index (χ2v) is 7.16. The van der Waals surface area contributed by atoms with E-state index < -0.39 is 0 Å². The molecule has 0 aromatic heterocycles. The van der Waals surface area contributed by atoms with Crippen LogP contribution in [0.1, 0.15) is 45.1 Å². The number of rotatable bonds is 7. The van der Waals surface area contributed by atoms with Crippen molar-refractivity contribution in [1.29, 1.82) is 0 Å². The molecule has 1 aromatic rings. The zero-order chi connectivity index (χ0) is 18.6. The fraction of sp³-hybridized carbons (Fsp3) is 0.650. The zero-order valence-corrected chi connectivity index (χ0v) is 18.8. The second-order valence-electron chi connectivity index (χ2n) is 7.16. The predicted octanol–water partition coefficient (Wildman–Crippen LogP) is 3.42. The van der Waals surface area contributed by atoms with Gasteiger partial charge in [0.15, 0.2) is 17.5 Å². The minimum Gasteiger partial charge on any atom is -0.504 e. The summed E-state index contributed by atoms with van der Waals surface area (Å²) in [5.74, 6) is 1.45. The molecule has 2 atom stereocenters. The van der Waals surface area contributed by atoms with E-state index in [0.29, 0.717) is 29.9 Å². The SMILES string of the molecule is CCNC(=NCc1ccc(OC)c(O)c1)NC1CC(OCC)C12CCC2.I. The summed E-state index contributed by atoms with van der Waals surface area (Å²) in [5.41, 5.74) is 1.24. The molecular formula is C20H32IN3O3. The number of halogens is 1. The van der Waals surface area contributed by atoms with Gasteiger partial charge in [0.1, 0.15) is 0 Å². The van der Waals surface area contributed by atoms with E-state index in [2.05, 4.69) is 24.5 Å². The van der Waals surface area contributed by atoms with Gasteiger partial charge in [-0.15, -0.1) is 24.0 Å². The van der Waals surface area contributed by atoms with E-state index in [0.717, 1.165) is 31.1 Å². The maximum absolute atomic E-state index is 9.92. The van der Waals surface area contributed by atoms with Gasteiger partial charge in [-0.3, -0.25) is 0 Å². The molecule has 0 radical (unpaired) electrons. The highest BCUT2D eigenvalue weighted by atomic mass is 127. The topological polar surface area (TPSA) is 75.1 Å². The van der Waals surface area contributed by atoms with E-state index >= 15 is 0 Å². The first-order chi connectivity index (χ1) is 12.6. The van der Waals surface area contributed by atoms with Gasteiger partial charge in [0.2, 0.25) is 0 Å². The van der Waals surface area contributed by atoms with Crippen molar-refractivity contribution in [2.24, 2.45) is 10.4 Å². The lowest BCUT2D eigenvalue weighted by molar-refractivity contribution is -0.168. The highest BCUT2D eigenvalue weighted by molar-refractivity contribution is 14.0. The van der Waals surface area contributed by atoms with Crippen LogP contribution >= 0.6 is 24.0 Å². The molecule has 1 spiro atoms. The third-order valence-corrected chi connectivity index (χ3v) is 5.76. The van der Waals surface area contributed by atoms with Crippen molar-refractivity contribution >= 4 is 29.9 Å². The van der Waals surface area contributed by atoms with Crippen molar-refractivity contribution in [3.63, 3.8) is 0 Å². The van der Waals surface area contributed by atoms with Gasteiger partial charge in [-0.2, -0.15) is 0 Å². The van der Waals surface area contributed by atoms with E-state index in [1.54, 1.807) is 19.2 Å². The first kappa shape index (κ1) is 22.1. The van der Waals surface area contributed by atoms with Gasteiger partial charge >= 0.3 is 0 Å². The highest BCUT2D eigenvalue weighted by Gasteiger charge is 2.59. The van der Waals surface area contributed by atoms with Crippen molar-refractivity contribution in [2.45, 2.75) is 58.2 Å². The Morgan fingerprint density at radius 3 is 2.67 bits per heavy atom. The normalized spacial score (nSPS) is 23.0. The van der Waals surface area contributed by atoms with E-state index in [4.69, 9.17) is 14.5 Å². The molecule has 0 bridgehead atoms. The molecule has 3 rings (SSSR count). The lowest BCUT2D eigenvalue weighted by atomic mass is 9.51. The molecule has 2 fully saturated rings. The first-order valence-electron chi connectivity index (χ1n) is 9.65.